The number of nitrogens with one attached hydrogen (secondary N) is 1. The first kappa shape index (κ1) is 12.3. The monoisotopic (exact) mass is 181 g/mol. The highest BCUT2D eigenvalue weighted by molar-refractivity contribution is 4.84. The Morgan fingerprint density at radius 3 is 2.08 bits per heavy atom. The minimum atomic E-state index is 0.954. The molecule has 1 N–H and O–H groups in total. The van der Waals surface area contributed by atoms with Gasteiger partial charge < -0.3 is 4.98 Å². The molecule has 0 amide bonds. The Hall–Kier alpha value is -0.720. The zero-order valence-corrected chi connectivity index (χ0v) is 9.22. The molecule has 76 valence electrons. The Bertz CT molecular complexity index is 138. The van der Waals surface area contributed by atoms with Crippen LogP contribution in [0.3, 0.4) is 0 Å². The van der Waals surface area contributed by atoms with Crippen LogP contribution in [-0.2, 0) is 0 Å². The second kappa shape index (κ2) is 9.37. The highest BCUT2D eigenvalue weighted by Crippen LogP contribution is 2.09. The molecule has 0 aliphatic rings. The molecule has 0 aromatic carbocycles. The summed E-state index contributed by atoms with van der Waals surface area (Å²) >= 11 is 0. The Morgan fingerprint density at radius 2 is 1.77 bits per heavy atom. The lowest BCUT2D eigenvalue weighted by Gasteiger charge is -2.04. The zero-order chi connectivity index (χ0) is 9.94. The molecule has 1 aromatic heterocycles. The van der Waals surface area contributed by atoms with Gasteiger partial charge in [0, 0.05) is 12.4 Å². The van der Waals surface area contributed by atoms with Crippen molar-refractivity contribution in [2.45, 2.75) is 46.5 Å². The standard InChI is InChI=1S/C8H18.C4H5N/c1-4-6-7-8(3)5-2;1-2-4-5-3-1/h8H,4-7H2,1-3H3;1-5H. The molecular weight excluding hydrogens is 158 g/mol. The first-order valence-corrected chi connectivity index (χ1v) is 5.39. The minimum Gasteiger partial charge on any atom is -0.368 e. The Morgan fingerprint density at radius 1 is 1.15 bits per heavy atom. The van der Waals surface area contributed by atoms with E-state index in [0.29, 0.717) is 0 Å². The fourth-order valence-corrected chi connectivity index (χ4v) is 1.03. The van der Waals surface area contributed by atoms with Crippen LogP contribution in [-0.4, -0.2) is 4.98 Å². The van der Waals surface area contributed by atoms with Gasteiger partial charge in [-0.25, -0.2) is 0 Å². The van der Waals surface area contributed by atoms with Crippen molar-refractivity contribution in [1.82, 2.24) is 4.98 Å². The summed E-state index contributed by atoms with van der Waals surface area (Å²) in [5, 5.41) is 0. The summed E-state index contributed by atoms with van der Waals surface area (Å²) in [5.41, 5.74) is 0. The first-order chi connectivity index (χ1) is 6.31. The minimum absolute atomic E-state index is 0.954. The average molecular weight is 181 g/mol. The topological polar surface area (TPSA) is 15.8 Å². The predicted molar refractivity (Wildman–Crippen MR) is 59.8 cm³/mol. The van der Waals surface area contributed by atoms with E-state index in [4.69, 9.17) is 0 Å². The quantitative estimate of drug-likeness (QED) is 0.715. The highest BCUT2D eigenvalue weighted by Gasteiger charge is 1.94. The summed E-state index contributed by atoms with van der Waals surface area (Å²) in [4.78, 5) is 2.86. The van der Waals surface area contributed by atoms with Crippen LogP contribution < -0.4 is 0 Å². The molecule has 0 aliphatic carbocycles. The zero-order valence-electron chi connectivity index (χ0n) is 9.22. The molecule has 1 heterocycles. The average Bonchev–Trinajstić information content (AvgIpc) is 2.72. The summed E-state index contributed by atoms with van der Waals surface area (Å²) < 4.78 is 0. The van der Waals surface area contributed by atoms with Gasteiger partial charge in [0.1, 0.15) is 0 Å². The number of unbranched alkanes of at least 4 members (excludes halogenated alkanes) is 1. The fraction of sp³-hybridized carbons (Fsp3) is 0.667. The van der Waals surface area contributed by atoms with E-state index in [2.05, 4.69) is 25.8 Å². The Labute approximate surface area is 82.6 Å². The second-order valence-electron chi connectivity index (χ2n) is 3.54. The van der Waals surface area contributed by atoms with Gasteiger partial charge >= 0.3 is 0 Å². The Balaban J connectivity index is 0.000000243. The van der Waals surface area contributed by atoms with Crippen molar-refractivity contribution in [3.05, 3.63) is 24.5 Å². The lowest BCUT2D eigenvalue weighted by Crippen LogP contribution is -1.89. The molecule has 0 aliphatic heterocycles. The fourth-order valence-electron chi connectivity index (χ4n) is 1.03. The molecule has 1 aromatic rings. The third-order valence-electron chi connectivity index (χ3n) is 2.24. The molecule has 1 atom stereocenters. The van der Waals surface area contributed by atoms with Gasteiger partial charge in [0.25, 0.3) is 0 Å². The third-order valence-corrected chi connectivity index (χ3v) is 2.24. The van der Waals surface area contributed by atoms with E-state index < -0.39 is 0 Å². The molecule has 0 fully saturated rings. The molecule has 1 rings (SSSR count). The number of H-pyrrole nitrogens is 1. The maximum Gasteiger partial charge on any atom is 0.000496 e. The van der Waals surface area contributed by atoms with Crippen LogP contribution in [0.5, 0.6) is 0 Å². The van der Waals surface area contributed by atoms with E-state index in [1.54, 1.807) is 0 Å². The van der Waals surface area contributed by atoms with Crippen molar-refractivity contribution in [1.29, 1.82) is 0 Å². The summed E-state index contributed by atoms with van der Waals surface area (Å²) in [5.74, 6) is 0.954. The van der Waals surface area contributed by atoms with Crippen LogP contribution >= 0.6 is 0 Å². The van der Waals surface area contributed by atoms with Gasteiger partial charge in [0.2, 0.25) is 0 Å². The van der Waals surface area contributed by atoms with E-state index in [9.17, 15) is 0 Å². The molecule has 1 unspecified atom stereocenters. The lowest BCUT2D eigenvalue weighted by molar-refractivity contribution is 0.492. The molecule has 1 heteroatoms. The van der Waals surface area contributed by atoms with Crippen molar-refractivity contribution >= 4 is 0 Å². The number of aromatic amines is 1. The largest absolute Gasteiger partial charge is 0.368 e. The number of hydrogen-bond acceptors (Lipinski definition) is 0. The SMILES string of the molecule is CCCCC(C)CC.c1cc[nH]c1. The third kappa shape index (κ3) is 9.19. The van der Waals surface area contributed by atoms with Gasteiger partial charge in [-0.15, -0.1) is 0 Å². The second-order valence-corrected chi connectivity index (χ2v) is 3.54. The van der Waals surface area contributed by atoms with Crippen LogP contribution in [0.15, 0.2) is 24.5 Å². The van der Waals surface area contributed by atoms with Crippen LogP contribution in [0.1, 0.15) is 46.5 Å². The van der Waals surface area contributed by atoms with Crippen molar-refractivity contribution in [2.75, 3.05) is 0 Å². The van der Waals surface area contributed by atoms with E-state index in [1.165, 1.54) is 25.7 Å². The Kier molecular flexibility index (Phi) is 8.85. The maximum absolute atomic E-state index is 2.86. The number of rotatable bonds is 4. The highest BCUT2D eigenvalue weighted by atomic mass is 14.6. The predicted octanol–water partition coefficient (Wildman–Crippen LogP) is 4.24. The molecule has 0 bridgehead atoms. The number of aromatic nitrogens is 1. The van der Waals surface area contributed by atoms with Gasteiger partial charge in [0.05, 0.1) is 0 Å². The van der Waals surface area contributed by atoms with Crippen molar-refractivity contribution in [3.8, 4) is 0 Å². The van der Waals surface area contributed by atoms with Crippen LogP contribution in [0.25, 0.3) is 0 Å². The summed E-state index contributed by atoms with van der Waals surface area (Å²) in [6, 6.07) is 3.89. The van der Waals surface area contributed by atoms with E-state index in [-0.39, 0.29) is 0 Å². The molecule has 0 radical (unpaired) electrons. The molecule has 0 spiro atoms. The smallest absolute Gasteiger partial charge is 0.000496 e. The summed E-state index contributed by atoms with van der Waals surface area (Å²) in [6.45, 7) is 6.85. The molecular formula is C12H23N. The van der Waals surface area contributed by atoms with Crippen molar-refractivity contribution in [3.63, 3.8) is 0 Å². The normalized spacial score (nSPS) is 11.6. The van der Waals surface area contributed by atoms with Crippen molar-refractivity contribution < 1.29 is 0 Å². The van der Waals surface area contributed by atoms with Crippen molar-refractivity contribution in [2.24, 2.45) is 5.92 Å². The summed E-state index contributed by atoms with van der Waals surface area (Å²) in [6.07, 6.45) is 9.28. The molecule has 0 saturated carbocycles. The van der Waals surface area contributed by atoms with Crippen LogP contribution in [0.2, 0.25) is 0 Å². The van der Waals surface area contributed by atoms with Crippen LogP contribution in [0, 0.1) is 5.92 Å². The van der Waals surface area contributed by atoms with Crippen LogP contribution in [0.4, 0.5) is 0 Å². The lowest BCUT2D eigenvalue weighted by atomic mass is 10.0. The molecule has 13 heavy (non-hydrogen) atoms. The van der Waals surface area contributed by atoms with E-state index in [1.807, 2.05) is 24.5 Å². The molecule has 0 saturated heterocycles. The molecule has 1 nitrogen and oxygen atoms in total. The van der Waals surface area contributed by atoms with E-state index in [0.717, 1.165) is 5.92 Å². The van der Waals surface area contributed by atoms with Gasteiger partial charge in [0.15, 0.2) is 0 Å². The maximum atomic E-state index is 2.86. The van der Waals surface area contributed by atoms with Gasteiger partial charge in [-0.2, -0.15) is 0 Å². The van der Waals surface area contributed by atoms with E-state index >= 15 is 0 Å². The van der Waals surface area contributed by atoms with Gasteiger partial charge in [-0.3, -0.25) is 0 Å². The van der Waals surface area contributed by atoms with Gasteiger partial charge in [-0.05, 0) is 18.1 Å². The van der Waals surface area contributed by atoms with Gasteiger partial charge in [-0.1, -0.05) is 46.5 Å². The first-order valence-electron chi connectivity index (χ1n) is 5.39. The summed E-state index contributed by atoms with van der Waals surface area (Å²) in [7, 11) is 0. The number of hydrogen-bond donors (Lipinski definition) is 1.